The van der Waals surface area contributed by atoms with Crippen LogP contribution in [0.1, 0.15) is 11.4 Å². The van der Waals surface area contributed by atoms with E-state index in [1.807, 2.05) is 40.9 Å². The summed E-state index contributed by atoms with van der Waals surface area (Å²) >= 11 is 0. The molecule has 0 spiro atoms. The van der Waals surface area contributed by atoms with E-state index >= 15 is 0 Å². The number of halogens is 1. The average molecular weight is 512 g/mol. The molecule has 2 aromatic heterocycles. The van der Waals surface area contributed by atoms with Crippen molar-refractivity contribution in [1.29, 1.82) is 0 Å². The van der Waals surface area contributed by atoms with E-state index in [0.29, 0.717) is 36.3 Å². The molecular weight excluding hydrogens is 487 g/mol. The maximum absolute atomic E-state index is 5.52. The summed E-state index contributed by atoms with van der Waals surface area (Å²) in [4.78, 5) is 4.25. The van der Waals surface area contributed by atoms with Crippen molar-refractivity contribution in [3.8, 4) is 17.2 Å². The molecule has 3 rings (SSSR count). The molecule has 2 N–H and O–H groups in total. The van der Waals surface area contributed by atoms with Crippen molar-refractivity contribution in [3.05, 3.63) is 47.9 Å². The predicted octanol–water partition coefficient (Wildman–Crippen LogP) is 2.24. The molecular formula is C19H25IN6O3. The summed E-state index contributed by atoms with van der Waals surface area (Å²) in [5.74, 6) is 3.21. The third-order valence-electron chi connectivity index (χ3n) is 4.25. The molecule has 0 aliphatic carbocycles. The van der Waals surface area contributed by atoms with Crippen LogP contribution in [0.2, 0.25) is 0 Å². The molecule has 3 aromatic rings. The summed E-state index contributed by atoms with van der Waals surface area (Å²) < 4.78 is 18.2. The smallest absolute Gasteiger partial charge is 0.203 e. The van der Waals surface area contributed by atoms with Crippen LogP contribution in [0, 0.1) is 0 Å². The van der Waals surface area contributed by atoms with Gasteiger partial charge in [-0.25, -0.2) is 0 Å². The van der Waals surface area contributed by atoms with Gasteiger partial charge in [-0.05, 0) is 24.3 Å². The Morgan fingerprint density at radius 2 is 1.72 bits per heavy atom. The van der Waals surface area contributed by atoms with Gasteiger partial charge in [-0.1, -0.05) is 6.07 Å². The Hall–Kier alpha value is -2.76. The Balaban J connectivity index is 0.00000300. The molecule has 156 valence electrons. The SMILES string of the molecule is CN=C(NCc1ccc(OC)c(OC)c1OC)NCc1nnc2ccccn12.I. The van der Waals surface area contributed by atoms with Crippen LogP contribution >= 0.6 is 24.0 Å². The summed E-state index contributed by atoms with van der Waals surface area (Å²) in [6, 6.07) is 9.55. The van der Waals surface area contributed by atoms with Crippen LogP contribution < -0.4 is 24.8 Å². The van der Waals surface area contributed by atoms with Crippen molar-refractivity contribution in [2.45, 2.75) is 13.1 Å². The first-order chi connectivity index (χ1) is 13.7. The number of nitrogens with one attached hydrogen (secondary N) is 2. The zero-order valence-electron chi connectivity index (χ0n) is 16.8. The number of fused-ring (bicyclic) bond motifs is 1. The highest BCUT2D eigenvalue weighted by molar-refractivity contribution is 14.0. The standard InChI is InChI=1S/C19H24N6O3.HI/c1-20-19(22-12-16-24-23-15-7-5-6-10-25(15)16)21-11-13-8-9-14(26-2)18(28-4)17(13)27-3;/h5-10H,11-12H2,1-4H3,(H2,20,21,22);1H. The number of aromatic nitrogens is 3. The summed E-state index contributed by atoms with van der Waals surface area (Å²) in [5.41, 5.74) is 1.72. The topological polar surface area (TPSA) is 94.3 Å². The van der Waals surface area contributed by atoms with Crippen LogP contribution in [-0.4, -0.2) is 48.9 Å². The van der Waals surface area contributed by atoms with E-state index in [-0.39, 0.29) is 24.0 Å². The average Bonchev–Trinajstić information content (AvgIpc) is 3.16. The minimum Gasteiger partial charge on any atom is -0.493 e. The number of aliphatic imine (C=N–C) groups is 1. The molecule has 0 unspecified atom stereocenters. The summed E-state index contributed by atoms with van der Waals surface area (Å²) in [5, 5.41) is 14.9. The van der Waals surface area contributed by atoms with Gasteiger partial charge in [-0.2, -0.15) is 0 Å². The fourth-order valence-electron chi connectivity index (χ4n) is 2.88. The number of benzene rings is 1. The fraction of sp³-hybridized carbons (Fsp3) is 0.316. The number of methoxy groups -OCH3 is 3. The highest BCUT2D eigenvalue weighted by atomic mass is 127. The summed E-state index contributed by atoms with van der Waals surface area (Å²) in [6.07, 6.45) is 1.93. The maximum Gasteiger partial charge on any atom is 0.203 e. The van der Waals surface area contributed by atoms with Crippen molar-refractivity contribution >= 4 is 35.6 Å². The van der Waals surface area contributed by atoms with E-state index in [1.54, 1.807) is 28.4 Å². The van der Waals surface area contributed by atoms with Gasteiger partial charge in [0.05, 0.1) is 27.9 Å². The van der Waals surface area contributed by atoms with Crippen molar-refractivity contribution < 1.29 is 14.2 Å². The summed E-state index contributed by atoms with van der Waals surface area (Å²) in [6.45, 7) is 0.970. The number of rotatable bonds is 7. The highest BCUT2D eigenvalue weighted by Gasteiger charge is 2.16. The highest BCUT2D eigenvalue weighted by Crippen LogP contribution is 2.39. The van der Waals surface area contributed by atoms with E-state index in [9.17, 15) is 0 Å². The fourth-order valence-corrected chi connectivity index (χ4v) is 2.88. The first-order valence-electron chi connectivity index (χ1n) is 8.72. The van der Waals surface area contributed by atoms with Crippen LogP contribution in [0.4, 0.5) is 0 Å². The van der Waals surface area contributed by atoms with Gasteiger partial charge in [0, 0.05) is 25.4 Å². The number of hydrogen-bond donors (Lipinski definition) is 2. The Kier molecular flexibility index (Phi) is 8.31. The molecule has 10 heteroatoms. The molecule has 0 fully saturated rings. The van der Waals surface area contributed by atoms with E-state index in [4.69, 9.17) is 14.2 Å². The third-order valence-corrected chi connectivity index (χ3v) is 4.25. The first-order valence-corrected chi connectivity index (χ1v) is 8.72. The van der Waals surface area contributed by atoms with Crippen molar-refractivity contribution in [2.24, 2.45) is 4.99 Å². The van der Waals surface area contributed by atoms with Gasteiger partial charge in [-0.3, -0.25) is 9.39 Å². The second-order valence-corrected chi connectivity index (χ2v) is 5.82. The molecule has 0 atom stereocenters. The van der Waals surface area contributed by atoms with Crippen molar-refractivity contribution in [3.63, 3.8) is 0 Å². The van der Waals surface area contributed by atoms with Gasteiger partial charge in [0.2, 0.25) is 5.75 Å². The van der Waals surface area contributed by atoms with Gasteiger partial charge in [0.1, 0.15) is 0 Å². The minimum absolute atomic E-state index is 0. The number of guanidine groups is 1. The number of hydrogen-bond acceptors (Lipinski definition) is 6. The van der Waals surface area contributed by atoms with Gasteiger partial charge in [-0.15, -0.1) is 34.2 Å². The van der Waals surface area contributed by atoms with E-state index < -0.39 is 0 Å². The lowest BCUT2D eigenvalue weighted by atomic mass is 10.1. The number of nitrogens with zero attached hydrogens (tertiary/aromatic N) is 4. The second-order valence-electron chi connectivity index (χ2n) is 5.82. The lowest BCUT2D eigenvalue weighted by Crippen LogP contribution is -2.36. The van der Waals surface area contributed by atoms with E-state index in [2.05, 4.69) is 25.8 Å². The van der Waals surface area contributed by atoms with Crippen LogP contribution in [0.15, 0.2) is 41.5 Å². The van der Waals surface area contributed by atoms with E-state index in [0.717, 1.165) is 17.0 Å². The zero-order chi connectivity index (χ0) is 19.9. The molecule has 0 saturated carbocycles. The number of pyridine rings is 1. The van der Waals surface area contributed by atoms with Crippen molar-refractivity contribution in [1.82, 2.24) is 25.2 Å². The Labute approximate surface area is 186 Å². The van der Waals surface area contributed by atoms with Crippen LogP contribution in [0.3, 0.4) is 0 Å². The zero-order valence-corrected chi connectivity index (χ0v) is 19.1. The molecule has 9 nitrogen and oxygen atoms in total. The molecule has 0 amide bonds. The second kappa shape index (κ2) is 10.7. The molecule has 29 heavy (non-hydrogen) atoms. The van der Waals surface area contributed by atoms with Crippen LogP contribution in [-0.2, 0) is 13.1 Å². The largest absolute Gasteiger partial charge is 0.493 e. The Morgan fingerprint density at radius 3 is 2.41 bits per heavy atom. The van der Waals surface area contributed by atoms with Gasteiger partial charge >= 0.3 is 0 Å². The van der Waals surface area contributed by atoms with Gasteiger partial charge in [0.25, 0.3) is 0 Å². The molecule has 1 aromatic carbocycles. The molecule has 2 heterocycles. The molecule has 0 aliphatic heterocycles. The minimum atomic E-state index is 0. The molecule has 0 aliphatic rings. The van der Waals surface area contributed by atoms with Crippen LogP contribution in [0.5, 0.6) is 17.2 Å². The van der Waals surface area contributed by atoms with Gasteiger partial charge in [0.15, 0.2) is 28.9 Å². The molecule has 0 bridgehead atoms. The van der Waals surface area contributed by atoms with Crippen molar-refractivity contribution in [2.75, 3.05) is 28.4 Å². The lowest BCUT2D eigenvalue weighted by Gasteiger charge is -2.17. The monoisotopic (exact) mass is 512 g/mol. The molecule has 0 radical (unpaired) electrons. The Bertz CT molecular complexity index is 976. The number of ether oxygens (including phenoxy) is 3. The Morgan fingerprint density at radius 1 is 0.966 bits per heavy atom. The molecule has 0 saturated heterocycles. The first kappa shape index (κ1) is 22.5. The summed E-state index contributed by atoms with van der Waals surface area (Å²) in [7, 11) is 6.49. The lowest BCUT2D eigenvalue weighted by molar-refractivity contribution is 0.322. The van der Waals surface area contributed by atoms with Gasteiger partial charge < -0.3 is 24.8 Å². The normalized spacial score (nSPS) is 11.0. The third kappa shape index (κ3) is 5.00. The quantitative estimate of drug-likeness (QED) is 0.285. The maximum atomic E-state index is 5.52. The predicted molar refractivity (Wildman–Crippen MR) is 122 cm³/mol. The van der Waals surface area contributed by atoms with Crippen LogP contribution in [0.25, 0.3) is 5.65 Å². The van der Waals surface area contributed by atoms with E-state index in [1.165, 1.54) is 0 Å².